The van der Waals surface area contributed by atoms with Gasteiger partial charge in [-0.3, -0.25) is 10.2 Å². The molecule has 0 unspecified atom stereocenters. The normalized spacial score (nSPS) is 10.2. The van der Waals surface area contributed by atoms with E-state index in [9.17, 15) is 9.18 Å². The second kappa shape index (κ2) is 6.12. The van der Waals surface area contributed by atoms with Crippen LogP contribution in [0.3, 0.4) is 0 Å². The standard InChI is InChI=1S/C14H14FN3O2/c1-2-20-11-5-3-9(4-6-11)12-7-10(15)8-13(17-12)14(19)18-16/h3-8H,2,16H2,1H3,(H,18,19). The van der Waals surface area contributed by atoms with Gasteiger partial charge in [-0.25, -0.2) is 15.2 Å². The van der Waals surface area contributed by atoms with Crippen LogP contribution in [0.5, 0.6) is 5.75 Å². The number of carbonyl (C=O) groups excluding carboxylic acids is 1. The molecule has 0 atom stereocenters. The summed E-state index contributed by atoms with van der Waals surface area (Å²) in [4.78, 5) is 15.5. The highest BCUT2D eigenvalue weighted by atomic mass is 19.1. The Labute approximate surface area is 115 Å². The third-order valence-corrected chi connectivity index (χ3v) is 2.61. The topological polar surface area (TPSA) is 77.2 Å². The molecule has 3 N–H and O–H groups in total. The number of pyridine rings is 1. The first kappa shape index (κ1) is 14.0. The quantitative estimate of drug-likeness (QED) is 0.507. The SMILES string of the molecule is CCOc1ccc(-c2cc(F)cc(C(=O)NN)n2)cc1. The molecule has 1 amide bonds. The zero-order valence-corrected chi connectivity index (χ0v) is 10.9. The van der Waals surface area contributed by atoms with Crippen LogP contribution < -0.4 is 16.0 Å². The molecule has 20 heavy (non-hydrogen) atoms. The summed E-state index contributed by atoms with van der Waals surface area (Å²) in [7, 11) is 0. The molecule has 0 spiro atoms. The van der Waals surface area contributed by atoms with Crippen molar-refractivity contribution in [3.05, 3.63) is 47.9 Å². The summed E-state index contributed by atoms with van der Waals surface area (Å²) in [5.74, 6) is 4.54. The number of carbonyl (C=O) groups is 1. The summed E-state index contributed by atoms with van der Waals surface area (Å²) in [5.41, 5.74) is 2.89. The first-order valence-corrected chi connectivity index (χ1v) is 6.05. The van der Waals surface area contributed by atoms with Crippen LogP contribution in [0.15, 0.2) is 36.4 Å². The number of benzene rings is 1. The summed E-state index contributed by atoms with van der Waals surface area (Å²) in [6.07, 6.45) is 0. The van der Waals surface area contributed by atoms with E-state index in [0.717, 1.165) is 6.07 Å². The molecular weight excluding hydrogens is 261 g/mol. The maximum Gasteiger partial charge on any atom is 0.283 e. The zero-order chi connectivity index (χ0) is 14.5. The van der Waals surface area contributed by atoms with E-state index in [1.54, 1.807) is 24.3 Å². The fourth-order valence-corrected chi connectivity index (χ4v) is 1.72. The van der Waals surface area contributed by atoms with Gasteiger partial charge in [0.05, 0.1) is 12.3 Å². The lowest BCUT2D eigenvalue weighted by atomic mass is 10.1. The van der Waals surface area contributed by atoms with Gasteiger partial charge in [-0.05, 0) is 31.2 Å². The number of nitrogens with one attached hydrogen (secondary N) is 1. The maximum absolute atomic E-state index is 13.5. The van der Waals surface area contributed by atoms with Crippen molar-refractivity contribution in [1.29, 1.82) is 0 Å². The monoisotopic (exact) mass is 275 g/mol. The van der Waals surface area contributed by atoms with E-state index in [1.807, 2.05) is 12.3 Å². The summed E-state index contributed by atoms with van der Waals surface area (Å²) < 4.78 is 18.8. The fraction of sp³-hybridized carbons (Fsp3) is 0.143. The fourth-order valence-electron chi connectivity index (χ4n) is 1.72. The number of nitrogens with zero attached hydrogens (tertiary/aromatic N) is 1. The Hall–Kier alpha value is -2.47. The molecule has 0 bridgehead atoms. The van der Waals surface area contributed by atoms with Gasteiger partial charge in [0.2, 0.25) is 0 Å². The van der Waals surface area contributed by atoms with E-state index in [2.05, 4.69) is 4.98 Å². The molecule has 5 nitrogen and oxygen atoms in total. The average Bonchev–Trinajstić information content (AvgIpc) is 2.47. The number of hydrogen-bond donors (Lipinski definition) is 2. The van der Waals surface area contributed by atoms with Crippen molar-refractivity contribution in [1.82, 2.24) is 10.4 Å². The van der Waals surface area contributed by atoms with E-state index in [0.29, 0.717) is 23.6 Å². The van der Waals surface area contributed by atoms with Crippen molar-refractivity contribution < 1.29 is 13.9 Å². The third kappa shape index (κ3) is 3.10. The molecule has 6 heteroatoms. The van der Waals surface area contributed by atoms with E-state index in [4.69, 9.17) is 10.6 Å². The van der Waals surface area contributed by atoms with Gasteiger partial charge in [0, 0.05) is 17.7 Å². The Bertz CT molecular complexity index is 614. The number of hydrazine groups is 1. The Balaban J connectivity index is 2.36. The minimum Gasteiger partial charge on any atom is -0.494 e. The second-order valence-electron chi connectivity index (χ2n) is 3.99. The summed E-state index contributed by atoms with van der Waals surface area (Å²) in [5, 5.41) is 0. The smallest absolute Gasteiger partial charge is 0.283 e. The third-order valence-electron chi connectivity index (χ3n) is 2.61. The van der Waals surface area contributed by atoms with Crippen molar-refractivity contribution in [2.45, 2.75) is 6.92 Å². The molecule has 1 heterocycles. The molecule has 104 valence electrons. The van der Waals surface area contributed by atoms with Crippen molar-refractivity contribution >= 4 is 5.91 Å². The zero-order valence-electron chi connectivity index (χ0n) is 10.9. The molecule has 2 rings (SSSR count). The van der Waals surface area contributed by atoms with E-state index in [-0.39, 0.29) is 5.69 Å². The van der Waals surface area contributed by atoms with E-state index >= 15 is 0 Å². The minimum atomic E-state index is -0.642. The van der Waals surface area contributed by atoms with Crippen molar-refractivity contribution in [2.24, 2.45) is 5.84 Å². The molecule has 2 aromatic rings. The summed E-state index contributed by atoms with van der Waals surface area (Å²) in [6.45, 7) is 2.46. The second-order valence-corrected chi connectivity index (χ2v) is 3.99. The van der Waals surface area contributed by atoms with Gasteiger partial charge >= 0.3 is 0 Å². The molecule has 0 fully saturated rings. The molecule has 0 saturated heterocycles. The molecule has 0 aliphatic carbocycles. The van der Waals surface area contributed by atoms with Crippen LogP contribution in [-0.4, -0.2) is 17.5 Å². The van der Waals surface area contributed by atoms with Crippen LogP contribution in [-0.2, 0) is 0 Å². The largest absolute Gasteiger partial charge is 0.494 e. The van der Waals surface area contributed by atoms with E-state index < -0.39 is 11.7 Å². The number of rotatable bonds is 4. The Kier molecular flexibility index (Phi) is 4.27. The Morgan fingerprint density at radius 1 is 1.35 bits per heavy atom. The molecule has 1 aromatic heterocycles. The van der Waals surface area contributed by atoms with Gasteiger partial charge < -0.3 is 4.74 Å². The van der Waals surface area contributed by atoms with Gasteiger partial charge in [-0.2, -0.15) is 0 Å². The highest BCUT2D eigenvalue weighted by molar-refractivity contribution is 5.92. The van der Waals surface area contributed by atoms with Crippen LogP contribution in [0.2, 0.25) is 0 Å². The van der Waals surface area contributed by atoms with Crippen LogP contribution in [0.1, 0.15) is 17.4 Å². The van der Waals surface area contributed by atoms with Gasteiger partial charge in [-0.1, -0.05) is 0 Å². The number of halogens is 1. The van der Waals surface area contributed by atoms with Crippen LogP contribution in [0.4, 0.5) is 4.39 Å². The van der Waals surface area contributed by atoms with Crippen LogP contribution >= 0.6 is 0 Å². The Morgan fingerprint density at radius 2 is 2.05 bits per heavy atom. The van der Waals surface area contributed by atoms with Crippen molar-refractivity contribution in [3.63, 3.8) is 0 Å². The molecule has 0 aliphatic heterocycles. The number of nitrogen functional groups attached to an aromatic ring is 1. The van der Waals surface area contributed by atoms with Crippen molar-refractivity contribution in [2.75, 3.05) is 6.61 Å². The summed E-state index contributed by atoms with van der Waals surface area (Å²) in [6, 6.07) is 9.29. The predicted octanol–water partition coefficient (Wildman–Crippen LogP) is 1.89. The number of ether oxygens (including phenoxy) is 1. The predicted molar refractivity (Wildman–Crippen MR) is 72.5 cm³/mol. The van der Waals surface area contributed by atoms with Gasteiger partial charge in [-0.15, -0.1) is 0 Å². The lowest BCUT2D eigenvalue weighted by Crippen LogP contribution is -2.30. The van der Waals surface area contributed by atoms with Gasteiger partial charge in [0.25, 0.3) is 5.91 Å². The number of nitrogens with two attached hydrogens (primary N) is 1. The Morgan fingerprint density at radius 3 is 2.65 bits per heavy atom. The molecular formula is C14H14FN3O2. The van der Waals surface area contributed by atoms with Gasteiger partial charge in [0.1, 0.15) is 17.3 Å². The first-order valence-electron chi connectivity index (χ1n) is 6.05. The number of hydrogen-bond acceptors (Lipinski definition) is 4. The molecule has 0 radical (unpaired) electrons. The lowest BCUT2D eigenvalue weighted by Gasteiger charge is -2.06. The first-order chi connectivity index (χ1) is 9.63. The highest BCUT2D eigenvalue weighted by Crippen LogP contribution is 2.22. The lowest BCUT2D eigenvalue weighted by molar-refractivity contribution is 0.0948. The summed E-state index contributed by atoms with van der Waals surface area (Å²) >= 11 is 0. The van der Waals surface area contributed by atoms with E-state index in [1.165, 1.54) is 6.07 Å². The average molecular weight is 275 g/mol. The van der Waals surface area contributed by atoms with Crippen LogP contribution in [0.25, 0.3) is 11.3 Å². The minimum absolute atomic E-state index is 0.0728. The number of aromatic nitrogens is 1. The van der Waals surface area contributed by atoms with Crippen LogP contribution in [0, 0.1) is 5.82 Å². The maximum atomic E-state index is 13.5. The molecule has 1 aromatic carbocycles. The highest BCUT2D eigenvalue weighted by Gasteiger charge is 2.10. The van der Waals surface area contributed by atoms with Gasteiger partial charge in [0.15, 0.2) is 0 Å². The number of amides is 1. The molecule has 0 aliphatic rings. The molecule has 0 saturated carbocycles. The van der Waals surface area contributed by atoms with Crippen molar-refractivity contribution in [3.8, 4) is 17.0 Å².